The smallest absolute Gasteiger partial charge is 0.274 e. The van der Waals surface area contributed by atoms with Crippen LogP contribution in [0.4, 0.5) is 5.69 Å². The van der Waals surface area contributed by atoms with Gasteiger partial charge in [0.15, 0.2) is 5.78 Å². The Labute approximate surface area is 184 Å². The highest BCUT2D eigenvalue weighted by Gasteiger charge is 2.69. The van der Waals surface area contributed by atoms with Gasteiger partial charge in [-0.1, -0.05) is 24.3 Å². The van der Waals surface area contributed by atoms with E-state index in [0.29, 0.717) is 18.8 Å². The van der Waals surface area contributed by atoms with Crippen LogP contribution < -0.4 is 4.90 Å². The molecule has 32 heavy (non-hydrogen) atoms. The first-order chi connectivity index (χ1) is 15.5. The number of hydrogen-bond acceptors (Lipinski definition) is 3. The van der Waals surface area contributed by atoms with Crippen LogP contribution in [0.2, 0.25) is 0 Å². The molecule has 1 saturated carbocycles. The third kappa shape index (κ3) is 2.07. The Morgan fingerprint density at radius 3 is 2.81 bits per heavy atom. The van der Waals surface area contributed by atoms with Gasteiger partial charge in [-0.05, 0) is 54.2 Å². The number of fused-ring (bicyclic) bond motifs is 4. The first-order valence-electron chi connectivity index (χ1n) is 11.1. The van der Waals surface area contributed by atoms with E-state index < -0.39 is 5.41 Å². The number of piperidine rings is 1. The fourth-order valence-electron chi connectivity index (χ4n) is 6.13. The molecule has 3 heterocycles. The van der Waals surface area contributed by atoms with Gasteiger partial charge in [0.2, 0.25) is 5.91 Å². The monoisotopic (exact) mass is 423 g/mol. The molecule has 2 aliphatic carbocycles. The maximum Gasteiger partial charge on any atom is 0.274 e. The van der Waals surface area contributed by atoms with E-state index >= 15 is 0 Å². The number of hydrogen-bond donors (Lipinski definition) is 1. The Balaban J connectivity index is 1.30. The van der Waals surface area contributed by atoms with Crippen LogP contribution in [0, 0.1) is 11.3 Å². The number of allylic oxidation sites excluding steroid dienone is 1. The normalized spacial score (nSPS) is 24.7. The molecule has 2 amide bonds. The average molecular weight is 423 g/mol. The Morgan fingerprint density at radius 2 is 1.97 bits per heavy atom. The molecule has 2 fully saturated rings. The largest absolute Gasteiger partial charge is 0.351 e. The molecule has 2 unspecified atom stereocenters. The SMILES string of the molecule is CC(=O)N1CCc2c1ccc1[nH]c(C(=O)N3CC4CC45C(=O)c4ccccc4C=C35)cc21. The second-order valence-electron chi connectivity index (χ2n) is 9.36. The molecule has 6 nitrogen and oxygen atoms in total. The summed E-state index contributed by atoms with van der Waals surface area (Å²) in [6.45, 7) is 2.83. The number of carbonyl (C=O) groups is 3. The van der Waals surface area contributed by atoms with Gasteiger partial charge in [0.1, 0.15) is 5.69 Å². The molecule has 1 N–H and O–H groups in total. The molecule has 1 saturated heterocycles. The Bertz CT molecular complexity index is 1430. The summed E-state index contributed by atoms with van der Waals surface area (Å²) in [6.07, 6.45) is 3.65. The van der Waals surface area contributed by atoms with Crippen molar-refractivity contribution >= 4 is 40.3 Å². The number of carbonyl (C=O) groups excluding carboxylic acids is 3. The van der Waals surface area contributed by atoms with E-state index in [1.165, 1.54) is 0 Å². The van der Waals surface area contributed by atoms with Crippen LogP contribution in [0.25, 0.3) is 17.0 Å². The molecule has 1 aromatic heterocycles. The molecule has 0 radical (unpaired) electrons. The quantitative estimate of drug-likeness (QED) is 0.647. The van der Waals surface area contributed by atoms with Crippen LogP contribution in [0.1, 0.15) is 45.3 Å². The molecule has 7 rings (SSSR count). The molecule has 2 atom stereocenters. The maximum absolute atomic E-state index is 13.6. The van der Waals surface area contributed by atoms with Crippen LogP contribution in [0.3, 0.4) is 0 Å². The van der Waals surface area contributed by atoms with Gasteiger partial charge in [-0.15, -0.1) is 0 Å². The van der Waals surface area contributed by atoms with Crippen molar-refractivity contribution in [1.82, 2.24) is 9.88 Å². The van der Waals surface area contributed by atoms with Gasteiger partial charge < -0.3 is 14.8 Å². The van der Waals surface area contributed by atoms with Crippen molar-refractivity contribution in [1.29, 1.82) is 0 Å². The number of H-pyrrole nitrogens is 1. The molecule has 2 aliphatic heterocycles. The van der Waals surface area contributed by atoms with Gasteiger partial charge in [-0.25, -0.2) is 0 Å². The van der Waals surface area contributed by atoms with Gasteiger partial charge in [0.05, 0.1) is 5.41 Å². The second-order valence-corrected chi connectivity index (χ2v) is 9.36. The topological polar surface area (TPSA) is 73.5 Å². The fourth-order valence-corrected chi connectivity index (χ4v) is 6.13. The van der Waals surface area contributed by atoms with Gasteiger partial charge in [0, 0.05) is 47.9 Å². The summed E-state index contributed by atoms with van der Waals surface area (Å²) in [5, 5.41) is 0.993. The van der Waals surface area contributed by atoms with E-state index in [0.717, 1.165) is 51.8 Å². The molecular weight excluding hydrogens is 402 g/mol. The number of aromatic nitrogens is 1. The molecule has 158 valence electrons. The lowest BCUT2D eigenvalue weighted by atomic mass is 9.83. The van der Waals surface area contributed by atoms with Crippen LogP contribution in [0.5, 0.6) is 0 Å². The van der Waals surface area contributed by atoms with Crippen molar-refractivity contribution in [3.63, 3.8) is 0 Å². The summed E-state index contributed by atoms with van der Waals surface area (Å²) >= 11 is 0. The fraction of sp³-hybridized carbons (Fsp3) is 0.269. The first-order valence-corrected chi connectivity index (χ1v) is 11.1. The van der Waals surface area contributed by atoms with Crippen molar-refractivity contribution in [3.8, 4) is 0 Å². The lowest BCUT2D eigenvalue weighted by molar-refractivity contribution is -0.116. The number of benzene rings is 2. The van der Waals surface area contributed by atoms with Crippen LogP contribution in [-0.2, 0) is 11.2 Å². The van der Waals surface area contributed by atoms with Crippen molar-refractivity contribution < 1.29 is 14.4 Å². The van der Waals surface area contributed by atoms with Crippen LogP contribution in [-0.4, -0.2) is 40.6 Å². The van der Waals surface area contributed by atoms with Crippen LogP contribution in [0.15, 0.2) is 48.2 Å². The third-order valence-electron chi connectivity index (χ3n) is 7.78. The molecule has 4 aliphatic rings. The molecular formula is C26H21N3O3. The third-order valence-corrected chi connectivity index (χ3v) is 7.78. The predicted molar refractivity (Wildman–Crippen MR) is 120 cm³/mol. The lowest BCUT2D eigenvalue weighted by Gasteiger charge is -2.28. The lowest BCUT2D eigenvalue weighted by Crippen LogP contribution is -2.34. The number of Topliss-reactive ketones (excluding diaryl/α,β-unsaturated/α-hetero) is 1. The Kier molecular flexibility index (Phi) is 3.23. The molecule has 2 aromatic carbocycles. The Morgan fingerprint density at radius 1 is 1.12 bits per heavy atom. The first kappa shape index (κ1) is 18.0. The number of aromatic amines is 1. The zero-order valence-electron chi connectivity index (χ0n) is 17.6. The minimum Gasteiger partial charge on any atom is -0.351 e. The number of amides is 2. The summed E-state index contributed by atoms with van der Waals surface area (Å²) in [7, 11) is 0. The van der Waals surface area contributed by atoms with Gasteiger partial charge in [-0.2, -0.15) is 0 Å². The zero-order valence-corrected chi connectivity index (χ0v) is 17.6. The number of nitrogens with zero attached hydrogens (tertiary/aromatic N) is 2. The number of nitrogens with one attached hydrogen (secondary N) is 1. The number of likely N-dealkylation sites (tertiary alicyclic amines) is 1. The maximum atomic E-state index is 13.6. The van der Waals surface area contributed by atoms with E-state index in [4.69, 9.17) is 0 Å². The highest BCUT2D eigenvalue weighted by Crippen LogP contribution is 2.67. The van der Waals surface area contributed by atoms with Crippen molar-refractivity contribution in [3.05, 3.63) is 70.5 Å². The second kappa shape index (κ2) is 5.76. The summed E-state index contributed by atoms with van der Waals surface area (Å²) in [5.74, 6) is 0.299. The van der Waals surface area contributed by atoms with Crippen molar-refractivity contribution in [2.75, 3.05) is 18.0 Å². The van der Waals surface area contributed by atoms with Crippen LogP contribution >= 0.6 is 0 Å². The highest BCUT2D eigenvalue weighted by atomic mass is 16.2. The predicted octanol–water partition coefficient (Wildman–Crippen LogP) is 3.78. The summed E-state index contributed by atoms with van der Waals surface area (Å²) in [6, 6.07) is 13.5. The summed E-state index contributed by atoms with van der Waals surface area (Å²) in [5.41, 5.74) is 5.46. The molecule has 3 aromatic rings. The van der Waals surface area contributed by atoms with E-state index in [1.54, 1.807) is 16.7 Å². The average Bonchev–Trinajstić information content (AvgIpc) is 3.13. The minimum atomic E-state index is -0.515. The minimum absolute atomic E-state index is 0.0331. The van der Waals surface area contributed by atoms with Gasteiger partial charge >= 0.3 is 0 Å². The van der Waals surface area contributed by atoms with Gasteiger partial charge in [0.25, 0.3) is 5.91 Å². The van der Waals surface area contributed by atoms with E-state index in [1.807, 2.05) is 48.5 Å². The Hall–Kier alpha value is -3.67. The van der Waals surface area contributed by atoms with E-state index in [2.05, 4.69) is 4.98 Å². The van der Waals surface area contributed by atoms with Crippen molar-refractivity contribution in [2.24, 2.45) is 11.3 Å². The number of anilines is 1. The summed E-state index contributed by atoms with van der Waals surface area (Å²) in [4.78, 5) is 45.7. The molecule has 1 spiro atoms. The number of rotatable bonds is 1. The van der Waals surface area contributed by atoms with Gasteiger partial charge in [-0.3, -0.25) is 14.4 Å². The molecule has 0 bridgehead atoms. The van der Waals surface area contributed by atoms with E-state index in [-0.39, 0.29) is 23.5 Å². The van der Waals surface area contributed by atoms with Crippen molar-refractivity contribution in [2.45, 2.75) is 19.8 Å². The zero-order chi connectivity index (χ0) is 21.8. The highest BCUT2D eigenvalue weighted by molar-refractivity contribution is 6.12. The number of ketones is 1. The summed E-state index contributed by atoms with van der Waals surface area (Å²) < 4.78 is 0. The molecule has 6 heteroatoms. The van der Waals surface area contributed by atoms with E-state index in [9.17, 15) is 14.4 Å². The standard InChI is InChI=1S/C26H21N3O3/c1-14(30)28-9-8-18-19-11-21(27-20(19)6-7-22(18)28)25(32)29-13-16-12-26(16)23(29)10-15-4-2-3-5-17(15)24(26)31/h2-7,10-11,16,27H,8-9,12-13H2,1H3.